The molecule has 0 bridgehead atoms. The topological polar surface area (TPSA) is 56.1 Å². The molecular weight excluding hydrogens is 302 g/mol. The van der Waals surface area contributed by atoms with Gasteiger partial charge >= 0.3 is 0 Å². The van der Waals surface area contributed by atoms with E-state index in [9.17, 15) is 4.79 Å². The van der Waals surface area contributed by atoms with Gasteiger partial charge in [0.25, 0.3) is 5.91 Å². The highest BCUT2D eigenvalue weighted by Crippen LogP contribution is 2.21. The lowest BCUT2D eigenvalue weighted by Gasteiger charge is -2.10. The number of hydrogen-bond donors (Lipinski definition) is 1. The van der Waals surface area contributed by atoms with Crippen LogP contribution in [0.5, 0.6) is 5.75 Å². The number of benzene rings is 2. The van der Waals surface area contributed by atoms with Crippen molar-refractivity contribution in [1.82, 2.24) is 9.78 Å². The average Bonchev–Trinajstić information content (AvgIpc) is 2.95. The first-order chi connectivity index (χ1) is 11.6. The molecule has 3 aromatic rings. The summed E-state index contributed by atoms with van der Waals surface area (Å²) in [5, 5.41) is 7.41. The van der Waals surface area contributed by atoms with E-state index in [1.807, 2.05) is 68.4 Å². The summed E-state index contributed by atoms with van der Waals surface area (Å²) >= 11 is 0. The molecule has 1 N–H and O–H groups in total. The first-order valence-corrected chi connectivity index (χ1v) is 7.66. The van der Waals surface area contributed by atoms with E-state index in [0.29, 0.717) is 11.4 Å². The third-order valence-electron chi connectivity index (χ3n) is 3.78. The molecule has 0 unspecified atom stereocenters. The third kappa shape index (κ3) is 3.15. The number of rotatable bonds is 4. The minimum atomic E-state index is -0.150. The number of anilines is 1. The number of carbonyl (C=O) groups is 1. The van der Waals surface area contributed by atoms with Crippen molar-refractivity contribution in [2.45, 2.75) is 13.8 Å². The first kappa shape index (κ1) is 15.8. The van der Waals surface area contributed by atoms with Gasteiger partial charge in [-0.15, -0.1) is 0 Å². The van der Waals surface area contributed by atoms with Crippen molar-refractivity contribution in [2.75, 3.05) is 12.4 Å². The lowest BCUT2D eigenvalue weighted by molar-refractivity contribution is 0.102. The summed E-state index contributed by atoms with van der Waals surface area (Å²) in [4.78, 5) is 12.6. The second kappa shape index (κ2) is 6.58. The maximum atomic E-state index is 12.6. The molecule has 122 valence electrons. The van der Waals surface area contributed by atoms with E-state index >= 15 is 0 Å². The van der Waals surface area contributed by atoms with Crippen molar-refractivity contribution in [1.29, 1.82) is 0 Å². The number of methoxy groups -OCH3 is 1. The summed E-state index contributed by atoms with van der Waals surface area (Å²) in [5.74, 6) is 1.25. The molecule has 1 heterocycles. The third-order valence-corrected chi connectivity index (χ3v) is 3.78. The zero-order valence-corrected chi connectivity index (χ0v) is 13.9. The van der Waals surface area contributed by atoms with E-state index < -0.39 is 0 Å². The molecule has 0 aliphatic rings. The fourth-order valence-corrected chi connectivity index (χ4v) is 2.52. The van der Waals surface area contributed by atoms with Gasteiger partial charge in [0.2, 0.25) is 0 Å². The van der Waals surface area contributed by atoms with Crippen LogP contribution in [0.25, 0.3) is 5.69 Å². The highest BCUT2D eigenvalue weighted by atomic mass is 16.5. The van der Waals surface area contributed by atoms with Gasteiger partial charge in [0.15, 0.2) is 0 Å². The highest BCUT2D eigenvalue weighted by molar-refractivity contribution is 6.05. The second-order valence-corrected chi connectivity index (χ2v) is 5.55. The van der Waals surface area contributed by atoms with Crippen LogP contribution in [0.15, 0.2) is 54.6 Å². The van der Waals surface area contributed by atoms with E-state index in [1.165, 1.54) is 0 Å². The van der Waals surface area contributed by atoms with Crippen molar-refractivity contribution in [3.05, 3.63) is 71.4 Å². The van der Waals surface area contributed by atoms with Gasteiger partial charge in [0.1, 0.15) is 11.6 Å². The largest absolute Gasteiger partial charge is 0.497 e. The standard InChI is InChI=1S/C19H19N3O2/c1-13-6-4-5-7-17(13)19(23)20-18-12-14(2)21-22(18)15-8-10-16(24-3)11-9-15/h4-12H,1-3H3,(H,20,23). The molecule has 24 heavy (non-hydrogen) atoms. The van der Waals surface area contributed by atoms with Crippen LogP contribution in [0.1, 0.15) is 21.6 Å². The van der Waals surface area contributed by atoms with E-state index in [2.05, 4.69) is 10.4 Å². The Labute approximate surface area is 140 Å². The van der Waals surface area contributed by atoms with E-state index in [4.69, 9.17) is 4.74 Å². The summed E-state index contributed by atoms with van der Waals surface area (Å²) in [6, 6.07) is 16.9. The Morgan fingerprint density at radius 2 is 1.79 bits per heavy atom. The number of carbonyl (C=O) groups excluding carboxylic acids is 1. The first-order valence-electron chi connectivity index (χ1n) is 7.66. The smallest absolute Gasteiger partial charge is 0.257 e. The van der Waals surface area contributed by atoms with Gasteiger partial charge in [-0.05, 0) is 49.7 Å². The Balaban J connectivity index is 1.91. The Kier molecular flexibility index (Phi) is 4.33. The molecule has 2 aromatic carbocycles. The van der Waals surface area contributed by atoms with Crippen LogP contribution in [-0.2, 0) is 0 Å². The predicted molar refractivity (Wildman–Crippen MR) is 94.0 cm³/mol. The molecular formula is C19H19N3O2. The number of nitrogens with zero attached hydrogens (tertiary/aromatic N) is 2. The molecule has 0 atom stereocenters. The highest BCUT2D eigenvalue weighted by Gasteiger charge is 2.13. The number of aryl methyl sites for hydroxylation is 2. The maximum absolute atomic E-state index is 12.6. The minimum absolute atomic E-state index is 0.150. The number of amides is 1. The van der Waals surface area contributed by atoms with Crippen molar-refractivity contribution in [2.24, 2.45) is 0 Å². The Hall–Kier alpha value is -3.08. The Morgan fingerprint density at radius 1 is 1.08 bits per heavy atom. The monoisotopic (exact) mass is 321 g/mol. The summed E-state index contributed by atoms with van der Waals surface area (Å²) in [5.41, 5.74) is 3.26. The average molecular weight is 321 g/mol. The fourth-order valence-electron chi connectivity index (χ4n) is 2.52. The number of hydrogen-bond acceptors (Lipinski definition) is 3. The molecule has 0 aliphatic carbocycles. The van der Waals surface area contributed by atoms with Crippen LogP contribution in [-0.4, -0.2) is 22.8 Å². The van der Waals surface area contributed by atoms with Gasteiger partial charge < -0.3 is 10.1 Å². The van der Waals surface area contributed by atoms with Crippen molar-refractivity contribution in [3.63, 3.8) is 0 Å². The maximum Gasteiger partial charge on any atom is 0.257 e. The molecule has 0 aliphatic heterocycles. The molecule has 3 rings (SSSR count). The minimum Gasteiger partial charge on any atom is -0.497 e. The molecule has 0 saturated heterocycles. The number of ether oxygens (including phenoxy) is 1. The molecule has 1 amide bonds. The zero-order valence-electron chi connectivity index (χ0n) is 13.9. The molecule has 5 heteroatoms. The molecule has 0 fully saturated rings. The van der Waals surface area contributed by atoms with Gasteiger partial charge in [-0.25, -0.2) is 4.68 Å². The molecule has 0 saturated carbocycles. The quantitative estimate of drug-likeness (QED) is 0.796. The van der Waals surface area contributed by atoms with Crippen molar-refractivity contribution < 1.29 is 9.53 Å². The number of nitrogens with one attached hydrogen (secondary N) is 1. The van der Waals surface area contributed by atoms with Crippen LogP contribution in [0, 0.1) is 13.8 Å². The van der Waals surface area contributed by atoms with Crippen molar-refractivity contribution >= 4 is 11.7 Å². The van der Waals surface area contributed by atoms with Crippen LogP contribution in [0.2, 0.25) is 0 Å². The SMILES string of the molecule is COc1ccc(-n2nc(C)cc2NC(=O)c2ccccc2C)cc1. The van der Waals surface area contributed by atoms with Crippen molar-refractivity contribution in [3.8, 4) is 11.4 Å². The summed E-state index contributed by atoms with van der Waals surface area (Å²) in [6.45, 7) is 3.81. The van der Waals surface area contributed by atoms with E-state index in [1.54, 1.807) is 11.8 Å². The second-order valence-electron chi connectivity index (χ2n) is 5.55. The molecule has 5 nitrogen and oxygen atoms in total. The van der Waals surface area contributed by atoms with Crippen LogP contribution >= 0.6 is 0 Å². The lowest BCUT2D eigenvalue weighted by atomic mass is 10.1. The lowest BCUT2D eigenvalue weighted by Crippen LogP contribution is -2.16. The van der Waals surface area contributed by atoms with Gasteiger partial charge in [-0.3, -0.25) is 4.79 Å². The summed E-state index contributed by atoms with van der Waals surface area (Å²) in [6.07, 6.45) is 0. The number of aromatic nitrogens is 2. The van der Waals surface area contributed by atoms with E-state index in [0.717, 1.165) is 22.7 Å². The summed E-state index contributed by atoms with van der Waals surface area (Å²) in [7, 11) is 1.63. The normalized spacial score (nSPS) is 10.5. The Bertz CT molecular complexity index is 867. The van der Waals surface area contributed by atoms with Gasteiger partial charge in [0.05, 0.1) is 18.5 Å². The van der Waals surface area contributed by atoms with Gasteiger partial charge in [0, 0.05) is 11.6 Å². The fraction of sp³-hybridized carbons (Fsp3) is 0.158. The molecule has 0 spiro atoms. The van der Waals surface area contributed by atoms with E-state index in [-0.39, 0.29) is 5.91 Å². The van der Waals surface area contributed by atoms with Crippen LogP contribution < -0.4 is 10.1 Å². The predicted octanol–water partition coefficient (Wildman–Crippen LogP) is 3.75. The summed E-state index contributed by atoms with van der Waals surface area (Å²) < 4.78 is 6.89. The molecule has 0 radical (unpaired) electrons. The van der Waals surface area contributed by atoms with Crippen LogP contribution in [0.4, 0.5) is 5.82 Å². The Morgan fingerprint density at radius 3 is 2.46 bits per heavy atom. The van der Waals surface area contributed by atoms with Gasteiger partial charge in [-0.2, -0.15) is 5.10 Å². The van der Waals surface area contributed by atoms with Gasteiger partial charge in [-0.1, -0.05) is 18.2 Å². The molecule has 1 aromatic heterocycles. The van der Waals surface area contributed by atoms with Crippen LogP contribution in [0.3, 0.4) is 0 Å². The zero-order chi connectivity index (χ0) is 17.1.